The van der Waals surface area contributed by atoms with E-state index >= 15 is 0 Å². The number of anilines is 1. The van der Waals surface area contributed by atoms with E-state index in [9.17, 15) is 9.59 Å². The third-order valence-corrected chi connectivity index (χ3v) is 3.55. The van der Waals surface area contributed by atoms with Crippen molar-refractivity contribution in [2.75, 3.05) is 18.5 Å². The average molecular weight is 340 g/mol. The third-order valence-electron chi connectivity index (χ3n) is 3.55. The molecule has 0 spiro atoms. The monoisotopic (exact) mass is 340 g/mol. The number of nitrogens with one attached hydrogen (secondary N) is 2. The van der Waals surface area contributed by atoms with Crippen LogP contribution in [0.25, 0.3) is 0 Å². The summed E-state index contributed by atoms with van der Waals surface area (Å²) < 4.78 is 5.51. The lowest BCUT2D eigenvalue weighted by Gasteiger charge is -2.10. The molecule has 2 N–H and O–H groups in total. The van der Waals surface area contributed by atoms with Crippen LogP contribution in [0.5, 0.6) is 5.75 Å². The molecule has 5 heteroatoms. The Morgan fingerprint density at radius 3 is 2.36 bits per heavy atom. The summed E-state index contributed by atoms with van der Waals surface area (Å²) in [5, 5.41) is 5.61. The van der Waals surface area contributed by atoms with Gasteiger partial charge in [-0.3, -0.25) is 9.59 Å². The van der Waals surface area contributed by atoms with Crippen molar-refractivity contribution >= 4 is 17.5 Å². The lowest BCUT2D eigenvalue weighted by atomic mass is 10.1. The minimum absolute atomic E-state index is 0.0680. The van der Waals surface area contributed by atoms with Crippen LogP contribution in [0.4, 0.5) is 5.69 Å². The fourth-order valence-corrected chi connectivity index (χ4v) is 2.16. The molecule has 0 radical (unpaired) electrons. The van der Waals surface area contributed by atoms with Crippen molar-refractivity contribution in [2.45, 2.75) is 20.8 Å². The topological polar surface area (TPSA) is 67.4 Å². The summed E-state index contributed by atoms with van der Waals surface area (Å²) in [6, 6.07) is 14.3. The van der Waals surface area contributed by atoms with Crippen LogP contribution >= 0.6 is 0 Å². The van der Waals surface area contributed by atoms with Crippen LogP contribution in [0, 0.1) is 12.8 Å². The number of carbonyl (C=O) groups is 2. The van der Waals surface area contributed by atoms with Crippen molar-refractivity contribution in [3.05, 3.63) is 59.7 Å². The molecular weight excluding hydrogens is 316 g/mol. The quantitative estimate of drug-likeness (QED) is 0.812. The van der Waals surface area contributed by atoms with Crippen LogP contribution in [0.2, 0.25) is 0 Å². The number of ether oxygens (including phenoxy) is 1. The molecule has 2 rings (SSSR count). The zero-order chi connectivity index (χ0) is 18.2. The molecule has 0 saturated carbocycles. The van der Waals surface area contributed by atoms with Gasteiger partial charge >= 0.3 is 0 Å². The number of hydrogen-bond donors (Lipinski definition) is 2. The van der Waals surface area contributed by atoms with E-state index in [1.165, 1.54) is 0 Å². The van der Waals surface area contributed by atoms with Crippen molar-refractivity contribution in [1.82, 2.24) is 5.32 Å². The van der Waals surface area contributed by atoms with Crippen LogP contribution in [0.3, 0.4) is 0 Å². The first-order valence-electron chi connectivity index (χ1n) is 8.32. The molecule has 0 atom stereocenters. The largest absolute Gasteiger partial charge is 0.483 e. The molecule has 0 unspecified atom stereocenters. The summed E-state index contributed by atoms with van der Waals surface area (Å²) in [7, 11) is 0. The van der Waals surface area contributed by atoms with E-state index in [0.29, 0.717) is 29.5 Å². The van der Waals surface area contributed by atoms with E-state index in [0.717, 1.165) is 5.56 Å². The second kappa shape index (κ2) is 8.87. The van der Waals surface area contributed by atoms with Crippen LogP contribution in [-0.4, -0.2) is 25.0 Å². The molecular formula is C20H24N2O3. The first kappa shape index (κ1) is 18.5. The zero-order valence-electron chi connectivity index (χ0n) is 14.8. The highest BCUT2D eigenvalue weighted by atomic mass is 16.5. The van der Waals surface area contributed by atoms with Gasteiger partial charge in [0.1, 0.15) is 5.75 Å². The Morgan fingerprint density at radius 2 is 1.72 bits per heavy atom. The maximum atomic E-state index is 12.0. The Morgan fingerprint density at radius 1 is 1.04 bits per heavy atom. The number of carbonyl (C=O) groups excluding carboxylic acids is 2. The van der Waals surface area contributed by atoms with Crippen molar-refractivity contribution in [3.8, 4) is 5.75 Å². The van der Waals surface area contributed by atoms with E-state index in [4.69, 9.17) is 4.74 Å². The minimum atomic E-state index is -0.250. The normalized spacial score (nSPS) is 10.4. The highest BCUT2D eigenvalue weighted by molar-refractivity contribution is 5.96. The van der Waals surface area contributed by atoms with Crippen LogP contribution in [-0.2, 0) is 4.79 Å². The van der Waals surface area contributed by atoms with Gasteiger partial charge in [0.25, 0.3) is 11.8 Å². The standard InChI is InChI=1S/C20H24N2O3/c1-14(2)12-21-20(24)16-8-10-17(11-9-16)22-19(23)13-25-18-7-5-4-6-15(18)3/h4-11,14H,12-13H2,1-3H3,(H,21,24)(H,22,23). The Kier molecular flexibility index (Phi) is 6.57. The van der Waals surface area contributed by atoms with E-state index in [1.54, 1.807) is 24.3 Å². The molecule has 2 amide bonds. The van der Waals surface area contributed by atoms with E-state index in [1.807, 2.05) is 45.0 Å². The van der Waals surface area contributed by atoms with E-state index in [-0.39, 0.29) is 18.4 Å². The average Bonchev–Trinajstić information content (AvgIpc) is 2.59. The van der Waals surface area contributed by atoms with Gasteiger partial charge < -0.3 is 15.4 Å². The predicted molar refractivity (Wildman–Crippen MR) is 98.9 cm³/mol. The van der Waals surface area contributed by atoms with Crippen LogP contribution in [0.1, 0.15) is 29.8 Å². The van der Waals surface area contributed by atoms with Crippen LogP contribution in [0.15, 0.2) is 48.5 Å². The molecule has 0 saturated heterocycles. The summed E-state index contributed by atoms with van der Waals surface area (Å²) in [5.74, 6) is 0.723. The molecule has 0 heterocycles. The maximum absolute atomic E-state index is 12.0. The number of aryl methyl sites for hydroxylation is 1. The van der Waals surface area contributed by atoms with Gasteiger partial charge in [0.05, 0.1) is 0 Å². The fraction of sp³-hybridized carbons (Fsp3) is 0.300. The lowest BCUT2D eigenvalue weighted by Crippen LogP contribution is -2.27. The van der Waals surface area contributed by atoms with Crippen molar-refractivity contribution < 1.29 is 14.3 Å². The molecule has 0 aliphatic heterocycles. The van der Waals surface area contributed by atoms with E-state index in [2.05, 4.69) is 10.6 Å². The zero-order valence-corrected chi connectivity index (χ0v) is 14.8. The Labute approximate surface area is 148 Å². The highest BCUT2D eigenvalue weighted by Gasteiger charge is 2.08. The van der Waals surface area contributed by atoms with Gasteiger partial charge in [0.2, 0.25) is 0 Å². The lowest BCUT2D eigenvalue weighted by molar-refractivity contribution is -0.118. The predicted octanol–water partition coefficient (Wildman–Crippen LogP) is 3.40. The van der Waals surface area contributed by atoms with Gasteiger partial charge in [0, 0.05) is 17.8 Å². The minimum Gasteiger partial charge on any atom is -0.483 e. The van der Waals surface area contributed by atoms with Gasteiger partial charge in [-0.2, -0.15) is 0 Å². The molecule has 5 nitrogen and oxygen atoms in total. The second-order valence-electron chi connectivity index (χ2n) is 6.28. The molecule has 0 aliphatic rings. The van der Waals surface area contributed by atoms with Crippen LogP contribution < -0.4 is 15.4 Å². The molecule has 0 aliphatic carbocycles. The van der Waals surface area contributed by atoms with Gasteiger partial charge in [-0.25, -0.2) is 0 Å². The molecule has 0 bridgehead atoms. The van der Waals surface area contributed by atoms with Crippen molar-refractivity contribution in [2.24, 2.45) is 5.92 Å². The Bertz CT molecular complexity index is 724. The second-order valence-corrected chi connectivity index (χ2v) is 6.28. The van der Waals surface area contributed by atoms with Gasteiger partial charge in [-0.15, -0.1) is 0 Å². The van der Waals surface area contributed by atoms with Crippen molar-refractivity contribution in [3.63, 3.8) is 0 Å². The SMILES string of the molecule is Cc1ccccc1OCC(=O)Nc1ccc(C(=O)NCC(C)C)cc1. The number of amides is 2. The molecule has 25 heavy (non-hydrogen) atoms. The van der Waals surface area contributed by atoms with Gasteiger partial charge in [-0.05, 0) is 48.7 Å². The third kappa shape index (κ3) is 5.95. The number of hydrogen-bond acceptors (Lipinski definition) is 3. The highest BCUT2D eigenvalue weighted by Crippen LogP contribution is 2.16. The van der Waals surface area contributed by atoms with Gasteiger partial charge in [-0.1, -0.05) is 32.0 Å². The first-order chi connectivity index (χ1) is 12.0. The summed E-state index contributed by atoms with van der Waals surface area (Å²) in [4.78, 5) is 23.9. The van der Waals surface area contributed by atoms with Crippen molar-refractivity contribution in [1.29, 1.82) is 0 Å². The first-order valence-corrected chi connectivity index (χ1v) is 8.32. The molecule has 2 aromatic rings. The molecule has 0 fully saturated rings. The Hall–Kier alpha value is -2.82. The van der Waals surface area contributed by atoms with E-state index < -0.39 is 0 Å². The van der Waals surface area contributed by atoms with Gasteiger partial charge in [0.15, 0.2) is 6.61 Å². The smallest absolute Gasteiger partial charge is 0.262 e. The number of para-hydroxylation sites is 1. The fourth-order valence-electron chi connectivity index (χ4n) is 2.16. The summed E-state index contributed by atoms with van der Waals surface area (Å²) in [5.41, 5.74) is 2.17. The molecule has 0 aromatic heterocycles. The number of benzene rings is 2. The summed E-state index contributed by atoms with van der Waals surface area (Å²) >= 11 is 0. The summed E-state index contributed by atoms with van der Waals surface area (Å²) in [6.07, 6.45) is 0. The Balaban J connectivity index is 1.85. The number of rotatable bonds is 7. The summed E-state index contributed by atoms with van der Waals surface area (Å²) in [6.45, 7) is 6.57. The molecule has 2 aromatic carbocycles. The maximum Gasteiger partial charge on any atom is 0.262 e. The molecule has 132 valence electrons.